The first-order valence-electron chi connectivity index (χ1n) is 6.21. The van der Waals surface area contributed by atoms with Crippen molar-refractivity contribution in [2.45, 2.75) is 38.7 Å². The van der Waals surface area contributed by atoms with Gasteiger partial charge in [0.15, 0.2) is 6.10 Å². The summed E-state index contributed by atoms with van der Waals surface area (Å²) in [5.41, 5.74) is 1.28. The summed E-state index contributed by atoms with van der Waals surface area (Å²) >= 11 is 0. The molecule has 2 rings (SSSR count). The Kier molecular flexibility index (Phi) is 3.67. The van der Waals surface area contributed by atoms with Gasteiger partial charge in [0.1, 0.15) is 5.75 Å². The van der Waals surface area contributed by atoms with E-state index in [1.54, 1.807) is 0 Å². The van der Waals surface area contributed by atoms with Crippen LogP contribution in [0.25, 0.3) is 0 Å². The van der Waals surface area contributed by atoms with Crippen molar-refractivity contribution in [3.8, 4) is 5.75 Å². The van der Waals surface area contributed by atoms with E-state index in [2.05, 4.69) is 31.3 Å². The molecule has 0 aliphatic carbocycles. The number of benzene rings is 1. The molecule has 0 saturated carbocycles. The summed E-state index contributed by atoms with van der Waals surface area (Å²) in [5.74, 6) is 1.29. The van der Waals surface area contributed by atoms with E-state index < -0.39 is 0 Å². The van der Waals surface area contributed by atoms with Crippen LogP contribution in [-0.2, 0) is 4.79 Å². The molecule has 0 bridgehead atoms. The van der Waals surface area contributed by atoms with Crippen molar-refractivity contribution in [2.24, 2.45) is 0 Å². The standard InChI is InChI=1S/C14H19NO2/c1-10(2)11-5-7-12(8-6-11)17-13-4-3-9-15-14(13)16/h5-8,10,13H,3-4,9H2,1-2H3,(H,15,16). The number of nitrogens with one attached hydrogen (secondary N) is 1. The maximum Gasteiger partial charge on any atom is 0.261 e. The summed E-state index contributed by atoms with van der Waals surface area (Å²) in [7, 11) is 0. The van der Waals surface area contributed by atoms with Crippen molar-refractivity contribution in [1.29, 1.82) is 0 Å². The molecule has 0 aromatic heterocycles. The molecule has 3 heteroatoms. The highest BCUT2D eigenvalue weighted by atomic mass is 16.5. The summed E-state index contributed by atoms with van der Waals surface area (Å²) < 4.78 is 5.69. The quantitative estimate of drug-likeness (QED) is 0.871. The second kappa shape index (κ2) is 5.21. The highest BCUT2D eigenvalue weighted by Gasteiger charge is 2.23. The average Bonchev–Trinajstić information content (AvgIpc) is 2.33. The first kappa shape index (κ1) is 12.0. The van der Waals surface area contributed by atoms with Gasteiger partial charge < -0.3 is 10.1 Å². The Bertz CT molecular complexity index is 384. The molecule has 1 atom stereocenters. The number of piperidine rings is 1. The van der Waals surface area contributed by atoms with Crippen molar-refractivity contribution in [2.75, 3.05) is 6.54 Å². The predicted molar refractivity (Wildman–Crippen MR) is 67.2 cm³/mol. The molecule has 1 unspecified atom stereocenters. The molecular formula is C14H19NO2. The number of hydrogen-bond acceptors (Lipinski definition) is 2. The lowest BCUT2D eigenvalue weighted by Crippen LogP contribution is -2.43. The summed E-state index contributed by atoms with van der Waals surface area (Å²) in [5, 5.41) is 2.82. The van der Waals surface area contributed by atoms with Gasteiger partial charge in [-0.1, -0.05) is 26.0 Å². The minimum Gasteiger partial charge on any atom is -0.481 e. The highest BCUT2D eigenvalue weighted by molar-refractivity contribution is 5.81. The molecule has 0 radical (unpaired) electrons. The maximum absolute atomic E-state index is 11.5. The fourth-order valence-corrected chi connectivity index (χ4v) is 1.95. The molecule has 1 aromatic rings. The summed E-state index contributed by atoms with van der Waals surface area (Å²) in [6.07, 6.45) is 1.46. The molecule has 0 spiro atoms. The Morgan fingerprint density at radius 2 is 2.00 bits per heavy atom. The van der Waals surface area contributed by atoms with Crippen LogP contribution in [0.3, 0.4) is 0 Å². The van der Waals surface area contributed by atoms with Gasteiger partial charge in [0.25, 0.3) is 5.91 Å². The van der Waals surface area contributed by atoms with Crippen molar-refractivity contribution in [1.82, 2.24) is 5.32 Å². The van der Waals surface area contributed by atoms with Crippen molar-refractivity contribution in [3.05, 3.63) is 29.8 Å². The third-order valence-corrected chi connectivity index (χ3v) is 3.06. The Labute approximate surface area is 102 Å². The molecule has 17 heavy (non-hydrogen) atoms. The molecule has 3 nitrogen and oxygen atoms in total. The number of carbonyl (C=O) groups excluding carboxylic acids is 1. The van der Waals surface area contributed by atoms with E-state index >= 15 is 0 Å². The van der Waals surface area contributed by atoms with Gasteiger partial charge in [-0.15, -0.1) is 0 Å². The third kappa shape index (κ3) is 2.99. The molecule has 1 N–H and O–H groups in total. The zero-order valence-corrected chi connectivity index (χ0v) is 10.4. The SMILES string of the molecule is CC(C)c1ccc(OC2CCCNC2=O)cc1. The van der Waals surface area contributed by atoms with Crippen LogP contribution in [0.4, 0.5) is 0 Å². The molecule has 1 aliphatic heterocycles. The van der Waals surface area contributed by atoms with E-state index in [1.165, 1.54) is 5.56 Å². The van der Waals surface area contributed by atoms with Crippen LogP contribution in [0.5, 0.6) is 5.75 Å². The molecular weight excluding hydrogens is 214 g/mol. The molecule has 92 valence electrons. The van der Waals surface area contributed by atoms with Gasteiger partial charge in [-0.05, 0) is 36.5 Å². The third-order valence-electron chi connectivity index (χ3n) is 3.06. The first-order chi connectivity index (χ1) is 8.16. The smallest absolute Gasteiger partial charge is 0.261 e. The summed E-state index contributed by atoms with van der Waals surface area (Å²) in [6.45, 7) is 5.08. The van der Waals surface area contributed by atoms with Gasteiger partial charge in [-0.2, -0.15) is 0 Å². The van der Waals surface area contributed by atoms with Crippen LogP contribution in [0.1, 0.15) is 38.2 Å². The van der Waals surface area contributed by atoms with Crippen molar-refractivity contribution >= 4 is 5.91 Å². The Morgan fingerprint density at radius 1 is 1.29 bits per heavy atom. The Balaban J connectivity index is 2.00. The topological polar surface area (TPSA) is 38.3 Å². The lowest BCUT2D eigenvalue weighted by Gasteiger charge is -2.23. The largest absolute Gasteiger partial charge is 0.481 e. The maximum atomic E-state index is 11.5. The van der Waals surface area contributed by atoms with Gasteiger partial charge in [-0.25, -0.2) is 0 Å². The van der Waals surface area contributed by atoms with E-state index in [0.29, 0.717) is 5.92 Å². The molecule has 1 fully saturated rings. The van der Waals surface area contributed by atoms with Crippen LogP contribution in [0.15, 0.2) is 24.3 Å². The summed E-state index contributed by atoms with van der Waals surface area (Å²) in [4.78, 5) is 11.5. The van der Waals surface area contributed by atoms with Crippen LogP contribution >= 0.6 is 0 Å². The second-order valence-corrected chi connectivity index (χ2v) is 4.76. The summed E-state index contributed by atoms with van der Waals surface area (Å²) in [6, 6.07) is 8.00. The van der Waals surface area contributed by atoms with Gasteiger partial charge in [0.2, 0.25) is 0 Å². The number of amides is 1. The van der Waals surface area contributed by atoms with E-state index in [9.17, 15) is 4.79 Å². The van der Waals surface area contributed by atoms with Crippen molar-refractivity contribution < 1.29 is 9.53 Å². The average molecular weight is 233 g/mol. The number of rotatable bonds is 3. The van der Waals surface area contributed by atoms with Gasteiger partial charge in [0, 0.05) is 6.54 Å². The minimum absolute atomic E-state index is 0.00388. The predicted octanol–water partition coefficient (Wildman–Crippen LogP) is 2.47. The van der Waals surface area contributed by atoms with Gasteiger partial charge in [0.05, 0.1) is 0 Å². The van der Waals surface area contributed by atoms with Gasteiger partial charge in [-0.3, -0.25) is 4.79 Å². The van der Waals surface area contributed by atoms with E-state index in [1.807, 2.05) is 12.1 Å². The molecule has 1 heterocycles. The van der Waals surface area contributed by atoms with Gasteiger partial charge >= 0.3 is 0 Å². The molecule has 1 aromatic carbocycles. The Morgan fingerprint density at radius 3 is 2.59 bits per heavy atom. The minimum atomic E-state index is -0.325. The fraction of sp³-hybridized carbons (Fsp3) is 0.500. The van der Waals surface area contributed by atoms with Crippen LogP contribution in [0, 0.1) is 0 Å². The number of ether oxygens (including phenoxy) is 1. The molecule has 1 aliphatic rings. The van der Waals surface area contributed by atoms with Crippen LogP contribution in [-0.4, -0.2) is 18.6 Å². The zero-order valence-electron chi connectivity index (χ0n) is 10.4. The van der Waals surface area contributed by atoms with Crippen LogP contribution in [0.2, 0.25) is 0 Å². The second-order valence-electron chi connectivity index (χ2n) is 4.76. The van der Waals surface area contributed by atoms with E-state index in [0.717, 1.165) is 25.1 Å². The zero-order chi connectivity index (χ0) is 12.3. The fourth-order valence-electron chi connectivity index (χ4n) is 1.95. The normalized spacial score (nSPS) is 20.2. The molecule has 1 amide bonds. The Hall–Kier alpha value is -1.51. The van der Waals surface area contributed by atoms with Crippen LogP contribution < -0.4 is 10.1 Å². The van der Waals surface area contributed by atoms with Crippen molar-refractivity contribution in [3.63, 3.8) is 0 Å². The lowest BCUT2D eigenvalue weighted by molar-refractivity contribution is -0.129. The first-order valence-corrected chi connectivity index (χ1v) is 6.21. The van der Waals surface area contributed by atoms with E-state index in [4.69, 9.17) is 4.74 Å². The monoisotopic (exact) mass is 233 g/mol. The number of carbonyl (C=O) groups is 1. The molecule has 1 saturated heterocycles. The van der Waals surface area contributed by atoms with E-state index in [-0.39, 0.29) is 12.0 Å². The highest BCUT2D eigenvalue weighted by Crippen LogP contribution is 2.20. The number of hydrogen-bond donors (Lipinski definition) is 1. The lowest BCUT2D eigenvalue weighted by atomic mass is 10.0.